The highest BCUT2D eigenvalue weighted by molar-refractivity contribution is 7.07. The SMILES string of the molecule is COC(=O)C(Cc1ccsc1)(C(=O)O)C1CCCC1. The maximum Gasteiger partial charge on any atom is 0.323 e. The summed E-state index contributed by atoms with van der Waals surface area (Å²) in [5.41, 5.74) is -0.531. The second-order valence-corrected chi connectivity index (χ2v) is 5.84. The molecule has 1 unspecified atom stereocenters. The van der Waals surface area contributed by atoms with E-state index in [1.165, 1.54) is 18.4 Å². The third-order valence-electron chi connectivity index (χ3n) is 4.05. The fraction of sp³-hybridized carbons (Fsp3) is 0.571. The lowest BCUT2D eigenvalue weighted by Crippen LogP contribution is -2.47. The van der Waals surface area contributed by atoms with Gasteiger partial charge in [0.25, 0.3) is 0 Å². The Bertz CT molecular complexity index is 448. The maximum absolute atomic E-state index is 12.2. The van der Waals surface area contributed by atoms with Gasteiger partial charge in [0.05, 0.1) is 7.11 Å². The second-order valence-electron chi connectivity index (χ2n) is 5.06. The van der Waals surface area contributed by atoms with Gasteiger partial charge in [0, 0.05) is 6.42 Å². The van der Waals surface area contributed by atoms with Crippen molar-refractivity contribution in [3.8, 4) is 0 Å². The molecule has 104 valence electrons. The number of hydrogen-bond acceptors (Lipinski definition) is 4. The largest absolute Gasteiger partial charge is 0.480 e. The monoisotopic (exact) mass is 282 g/mol. The number of carboxylic acids is 1. The van der Waals surface area contributed by atoms with E-state index in [1.807, 2.05) is 16.8 Å². The van der Waals surface area contributed by atoms with Gasteiger partial charge in [-0.15, -0.1) is 0 Å². The number of carboxylic acid groups (broad SMARTS) is 1. The number of rotatable bonds is 5. The number of carbonyl (C=O) groups excluding carboxylic acids is 1. The van der Waals surface area contributed by atoms with Crippen molar-refractivity contribution in [1.82, 2.24) is 0 Å². The molecule has 19 heavy (non-hydrogen) atoms. The van der Waals surface area contributed by atoms with Gasteiger partial charge in [-0.05, 0) is 41.1 Å². The number of aliphatic carboxylic acids is 1. The van der Waals surface area contributed by atoms with E-state index in [4.69, 9.17) is 4.74 Å². The summed E-state index contributed by atoms with van der Waals surface area (Å²) < 4.78 is 4.82. The molecular formula is C14H18O4S. The van der Waals surface area contributed by atoms with Crippen molar-refractivity contribution in [2.45, 2.75) is 32.1 Å². The first-order chi connectivity index (χ1) is 9.11. The minimum atomic E-state index is -1.42. The molecule has 0 radical (unpaired) electrons. The minimum absolute atomic E-state index is 0.127. The minimum Gasteiger partial charge on any atom is -0.480 e. The topological polar surface area (TPSA) is 63.6 Å². The van der Waals surface area contributed by atoms with Crippen LogP contribution in [-0.4, -0.2) is 24.2 Å². The molecule has 1 aromatic heterocycles. The van der Waals surface area contributed by atoms with Crippen LogP contribution in [0.4, 0.5) is 0 Å². The molecule has 0 bridgehead atoms. The van der Waals surface area contributed by atoms with Gasteiger partial charge in [0.2, 0.25) is 0 Å². The predicted octanol–water partition coefficient (Wildman–Crippen LogP) is 2.72. The normalized spacial score (nSPS) is 19.0. The summed E-state index contributed by atoms with van der Waals surface area (Å²) in [7, 11) is 1.27. The van der Waals surface area contributed by atoms with Crippen LogP contribution in [0.25, 0.3) is 0 Å². The summed E-state index contributed by atoms with van der Waals surface area (Å²) in [5.74, 6) is -1.80. The molecule has 1 aliphatic carbocycles. The highest BCUT2D eigenvalue weighted by Crippen LogP contribution is 2.43. The Morgan fingerprint density at radius 2 is 2.16 bits per heavy atom. The molecule has 1 saturated carbocycles. The maximum atomic E-state index is 12.2. The predicted molar refractivity (Wildman–Crippen MR) is 72.1 cm³/mol. The van der Waals surface area contributed by atoms with E-state index in [2.05, 4.69) is 0 Å². The number of hydrogen-bond donors (Lipinski definition) is 1. The van der Waals surface area contributed by atoms with Crippen molar-refractivity contribution in [1.29, 1.82) is 0 Å². The molecule has 0 spiro atoms. The summed E-state index contributed by atoms with van der Waals surface area (Å²) in [6, 6.07) is 1.88. The highest BCUT2D eigenvalue weighted by Gasteiger charge is 2.54. The molecule has 4 nitrogen and oxygen atoms in total. The summed E-state index contributed by atoms with van der Waals surface area (Å²) >= 11 is 1.51. The fourth-order valence-electron chi connectivity index (χ4n) is 3.04. The Hall–Kier alpha value is -1.36. The third kappa shape index (κ3) is 2.52. The van der Waals surface area contributed by atoms with E-state index < -0.39 is 17.4 Å². The average Bonchev–Trinajstić information content (AvgIpc) is 3.07. The van der Waals surface area contributed by atoms with Gasteiger partial charge in [0.1, 0.15) is 0 Å². The van der Waals surface area contributed by atoms with Crippen molar-refractivity contribution in [2.75, 3.05) is 7.11 Å². The van der Waals surface area contributed by atoms with Crippen LogP contribution in [0.2, 0.25) is 0 Å². The molecule has 1 aromatic rings. The quantitative estimate of drug-likeness (QED) is 0.666. The number of thiophene rings is 1. The van der Waals surface area contributed by atoms with Gasteiger partial charge < -0.3 is 9.84 Å². The number of methoxy groups -OCH3 is 1. The van der Waals surface area contributed by atoms with Gasteiger partial charge in [-0.25, -0.2) is 0 Å². The average molecular weight is 282 g/mol. The molecule has 5 heteroatoms. The second kappa shape index (κ2) is 5.74. The van der Waals surface area contributed by atoms with E-state index in [9.17, 15) is 14.7 Å². The van der Waals surface area contributed by atoms with Crippen LogP contribution in [-0.2, 0) is 20.7 Å². The molecule has 1 heterocycles. The van der Waals surface area contributed by atoms with Crippen LogP contribution >= 0.6 is 11.3 Å². The zero-order chi connectivity index (χ0) is 13.9. The molecule has 1 aliphatic rings. The van der Waals surface area contributed by atoms with E-state index in [1.54, 1.807) is 0 Å². The molecule has 2 rings (SSSR count). The van der Waals surface area contributed by atoms with Crippen molar-refractivity contribution < 1.29 is 19.4 Å². The van der Waals surface area contributed by atoms with Gasteiger partial charge in [-0.3, -0.25) is 9.59 Å². The van der Waals surface area contributed by atoms with Gasteiger partial charge in [0.15, 0.2) is 5.41 Å². The molecule has 0 amide bonds. The van der Waals surface area contributed by atoms with Crippen LogP contribution in [0.5, 0.6) is 0 Å². The van der Waals surface area contributed by atoms with E-state index in [-0.39, 0.29) is 12.3 Å². The van der Waals surface area contributed by atoms with E-state index in [0.29, 0.717) is 0 Å². The first kappa shape index (κ1) is 14.1. The summed E-state index contributed by atoms with van der Waals surface area (Å²) in [6.45, 7) is 0. The molecule has 1 N–H and O–H groups in total. The Morgan fingerprint density at radius 3 is 2.63 bits per heavy atom. The fourth-order valence-corrected chi connectivity index (χ4v) is 3.71. The van der Waals surface area contributed by atoms with Crippen LogP contribution in [0.1, 0.15) is 31.2 Å². The summed E-state index contributed by atoms with van der Waals surface area (Å²) in [4.78, 5) is 24.0. The molecule has 1 atom stereocenters. The van der Waals surface area contributed by atoms with E-state index in [0.717, 1.165) is 31.2 Å². The van der Waals surface area contributed by atoms with Crippen molar-refractivity contribution in [2.24, 2.45) is 11.3 Å². The Labute approximate surface area is 116 Å². The first-order valence-electron chi connectivity index (χ1n) is 6.44. The van der Waals surface area contributed by atoms with E-state index >= 15 is 0 Å². The molecule has 0 aliphatic heterocycles. The van der Waals surface area contributed by atoms with Crippen LogP contribution in [0.3, 0.4) is 0 Å². The molecule has 0 aromatic carbocycles. The van der Waals surface area contributed by atoms with Crippen molar-refractivity contribution in [3.05, 3.63) is 22.4 Å². The number of ether oxygens (including phenoxy) is 1. The Morgan fingerprint density at radius 1 is 1.47 bits per heavy atom. The van der Waals surface area contributed by atoms with Gasteiger partial charge in [-0.1, -0.05) is 12.8 Å². The molecular weight excluding hydrogens is 264 g/mol. The van der Waals surface area contributed by atoms with Crippen LogP contribution < -0.4 is 0 Å². The Kier molecular flexibility index (Phi) is 4.24. The summed E-state index contributed by atoms with van der Waals surface area (Å²) in [6.07, 6.45) is 3.76. The van der Waals surface area contributed by atoms with Crippen LogP contribution in [0.15, 0.2) is 16.8 Å². The standard InChI is InChI=1S/C14H18O4S/c1-18-13(17)14(12(15)16,11-4-2-3-5-11)8-10-6-7-19-9-10/h6-7,9,11H,2-5,8H2,1H3,(H,15,16). The molecule has 0 saturated heterocycles. The van der Waals surface area contributed by atoms with Gasteiger partial charge in [-0.2, -0.15) is 11.3 Å². The molecule has 1 fully saturated rings. The summed E-state index contributed by atoms with van der Waals surface area (Å²) in [5, 5.41) is 13.5. The third-order valence-corrected chi connectivity index (χ3v) is 4.78. The number of carbonyl (C=O) groups is 2. The number of esters is 1. The highest BCUT2D eigenvalue weighted by atomic mass is 32.1. The van der Waals surface area contributed by atoms with Crippen LogP contribution in [0, 0.1) is 11.3 Å². The lowest BCUT2D eigenvalue weighted by atomic mass is 9.70. The lowest BCUT2D eigenvalue weighted by Gasteiger charge is -2.32. The first-order valence-corrected chi connectivity index (χ1v) is 7.38. The van der Waals surface area contributed by atoms with Crippen molar-refractivity contribution in [3.63, 3.8) is 0 Å². The smallest absolute Gasteiger partial charge is 0.323 e. The Balaban J connectivity index is 2.38. The van der Waals surface area contributed by atoms with Gasteiger partial charge >= 0.3 is 11.9 Å². The van der Waals surface area contributed by atoms with Crippen molar-refractivity contribution >= 4 is 23.3 Å². The lowest BCUT2D eigenvalue weighted by molar-refractivity contribution is -0.171. The zero-order valence-electron chi connectivity index (χ0n) is 10.9. The zero-order valence-corrected chi connectivity index (χ0v) is 11.7.